The highest BCUT2D eigenvalue weighted by molar-refractivity contribution is 5.96. The first kappa shape index (κ1) is 23.1. The summed E-state index contributed by atoms with van der Waals surface area (Å²) in [6.07, 6.45) is 3.16. The van der Waals surface area contributed by atoms with Crippen molar-refractivity contribution < 1.29 is 15.0 Å². The van der Waals surface area contributed by atoms with Crippen molar-refractivity contribution in [1.82, 2.24) is 9.80 Å². The first-order valence-electron chi connectivity index (χ1n) is 11.2. The van der Waals surface area contributed by atoms with Gasteiger partial charge in [0.15, 0.2) is 0 Å². The number of anilines is 1. The van der Waals surface area contributed by atoms with Crippen LogP contribution in [0, 0.1) is 0 Å². The van der Waals surface area contributed by atoms with Gasteiger partial charge >= 0.3 is 0 Å². The zero-order valence-corrected chi connectivity index (χ0v) is 18.7. The maximum Gasteiger partial charge on any atom is 0.257 e. The van der Waals surface area contributed by atoms with Gasteiger partial charge in [0.05, 0.1) is 11.7 Å². The van der Waals surface area contributed by atoms with E-state index in [2.05, 4.69) is 40.1 Å². The average molecular weight is 426 g/mol. The number of carbonyl (C=O) groups excluding carboxylic acids is 1. The molecule has 1 aliphatic rings. The summed E-state index contributed by atoms with van der Waals surface area (Å²) in [5, 5.41) is 20.5. The largest absolute Gasteiger partial charge is 0.507 e. The fourth-order valence-electron chi connectivity index (χ4n) is 4.06. The molecule has 0 bridgehead atoms. The van der Waals surface area contributed by atoms with Gasteiger partial charge in [-0.3, -0.25) is 9.69 Å². The molecule has 1 aliphatic heterocycles. The molecule has 31 heavy (non-hydrogen) atoms. The molecule has 0 spiro atoms. The minimum atomic E-state index is -0.622. The van der Waals surface area contributed by atoms with E-state index in [0.717, 1.165) is 52.0 Å². The number of nitrogens with zero attached hydrogens (tertiary/aromatic N) is 3. The minimum absolute atomic E-state index is 0.0537. The fraction of sp³-hybridized carbons (Fsp3) is 0.480. The van der Waals surface area contributed by atoms with Crippen molar-refractivity contribution in [2.45, 2.75) is 31.8 Å². The maximum absolute atomic E-state index is 12.2. The zero-order valence-electron chi connectivity index (χ0n) is 18.7. The number of phenols is 1. The van der Waals surface area contributed by atoms with Crippen LogP contribution in [0.15, 0.2) is 48.5 Å². The van der Waals surface area contributed by atoms with Crippen LogP contribution in [0.2, 0.25) is 0 Å². The van der Waals surface area contributed by atoms with Crippen LogP contribution < -0.4 is 4.90 Å². The average Bonchev–Trinajstić information content (AvgIpc) is 2.79. The number of carbonyl (C=O) groups is 1. The lowest BCUT2D eigenvalue weighted by Crippen LogP contribution is -2.46. The van der Waals surface area contributed by atoms with Gasteiger partial charge in [0.2, 0.25) is 0 Å². The van der Waals surface area contributed by atoms with E-state index in [1.165, 1.54) is 16.7 Å². The molecule has 1 fully saturated rings. The molecule has 168 valence electrons. The Morgan fingerprint density at radius 3 is 2.39 bits per heavy atom. The first-order valence-corrected chi connectivity index (χ1v) is 11.2. The third kappa shape index (κ3) is 6.45. The minimum Gasteiger partial charge on any atom is -0.507 e. The van der Waals surface area contributed by atoms with Crippen LogP contribution in [0.3, 0.4) is 0 Å². The van der Waals surface area contributed by atoms with E-state index in [1.54, 1.807) is 26.2 Å². The van der Waals surface area contributed by atoms with Crippen molar-refractivity contribution in [1.29, 1.82) is 0 Å². The van der Waals surface area contributed by atoms with Gasteiger partial charge < -0.3 is 20.0 Å². The smallest absolute Gasteiger partial charge is 0.257 e. The summed E-state index contributed by atoms with van der Waals surface area (Å²) in [5.41, 5.74) is 2.22. The molecule has 1 atom stereocenters. The summed E-state index contributed by atoms with van der Waals surface area (Å²) in [4.78, 5) is 18.6. The summed E-state index contributed by atoms with van der Waals surface area (Å²) in [7, 11) is 3.29. The third-order valence-corrected chi connectivity index (χ3v) is 5.99. The van der Waals surface area contributed by atoms with Crippen LogP contribution in [0.5, 0.6) is 5.75 Å². The predicted molar refractivity (Wildman–Crippen MR) is 125 cm³/mol. The van der Waals surface area contributed by atoms with E-state index < -0.39 is 6.10 Å². The molecule has 0 radical (unpaired) electrons. The van der Waals surface area contributed by atoms with Crippen LogP contribution >= 0.6 is 0 Å². The highest BCUT2D eigenvalue weighted by Crippen LogP contribution is 2.26. The Balaban J connectivity index is 1.36. The number of amides is 1. The molecular weight excluding hydrogens is 390 g/mol. The van der Waals surface area contributed by atoms with Crippen LogP contribution in [-0.2, 0) is 0 Å². The van der Waals surface area contributed by atoms with Gasteiger partial charge in [-0.1, -0.05) is 37.1 Å². The second kappa shape index (κ2) is 11.2. The van der Waals surface area contributed by atoms with Crippen molar-refractivity contribution in [2.75, 3.05) is 51.7 Å². The van der Waals surface area contributed by atoms with Gasteiger partial charge in [0, 0.05) is 46.0 Å². The molecule has 0 saturated carbocycles. The third-order valence-electron chi connectivity index (χ3n) is 5.99. The molecule has 1 amide bonds. The Morgan fingerprint density at radius 1 is 1.00 bits per heavy atom. The lowest BCUT2D eigenvalue weighted by molar-refractivity contribution is 0.0824. The van der Waals surface area contributed by atoms with Crippen LogP contribution in [-0.4, -0.2) is 72.7 Å². The summed E-state index contributed by atoms with van der Waals surface area (Å²) in [5.74, 6) is -0.319. The molecule has 3 rings (SSSR count). The SMILES string of the molecule is CN(C)C(=O)c1cc(C(O)CCCCCN2CCN(c3ccccc3)CC2)ccc1O. The van der Waals surface area contributed by atoms with Crippen molar-refractivity contribution in [3.8, 4) is 5.75 Å². The highest BCUT2D eigenvalue weighted by atomic mass is 16.3. The molecule has 2 N–H and O–H groups in total. The normalized spacial score (nSPS) is 15.6. The zero-order chi connectivity index (χ0) is 22.2. The van der Waals surface area contributed by atoms with E-state index in [0.29, 0.717) is 12.0 Å². The number of phenolic OH excluding ortho intramolecular Hbond substituents is 1. The summed E-state index contributed by atoms with van der Waals surface area (Å²) in [6.45, 7) is 5.41. The van der Waals surface area contributed by atoms with E-state index >= 15 is 0 Å². The van der Waals surface area contributed by atoms with Crippen LogP contribution in [0.4, 0.5) is 5.69 Å². The first-order chi connectivity index (χ1) is 15.0. The molecule has 1 heterocycles. The number of unbranched alkanes of at least 4 members (excludes halogenated alkanes) is 2. The number of aliphatic hydroxyl groups excluding tert-OH is 1. The standard InChI is InChI=1S/C25H35N3O3/c1-26(2)25(31)22-19-20(12-13-24(22)30)23(29)11-7-4-8-14-27-15-17-28(18-16-27)21-9-5-3-6-10-21/h3,5-6,9-10,12-13,19,23,29-30H,4,7-8,11,14-18H2,1-2H3. The Labute approximate surface area is 185 Å². The van der Waals surface area contributed by atoms with Gasteiger partial charge in [-0.25, -0.2) is 0 Å². The molecule has 2 aromatic carbocycles. The molecular formula is C25H35N3O3. The number of hydrogen-bond donors (Lipinski definition) is 2. The fourth-order valence-corrected chi connectivity index (χ4v) is 4.06. The highest BCUT2D eigenvalue weighted by Gasteiger charge is 2.18. The van der Waals surface area contributed by atoms with Gasteiger partial charge in [0.25, 0.3) is 5.91 Å². The lowest BCUT2D eigenvalue weighted by atomic mass is 10.00. The number of aromatic hydroxyl groups is 1. The predicted octanol–water partition coefficient (Wildman–Crippen LogP) is 3.51. The molecule has 6 nitrogen and oxygen atoms in total. The van der Waals surface area contributed by atoms with Gasteiger partial charge in [-0.15, -0.1) is 0 Å². The molecule has 2 aromatic rings. The Kier molecular flexibility index (Phi) is 8.32. The topological polar surface area (TPSA) is 67.3 Å². The Hall–Kier alpha value is -2.57. The van der Waals surface area contributed by atoms with Crippen molar-refractivity contribution in [2.24, 2.45) is 0 Å². The number of para-hydroxylation sites is 1. The quantitative estimate of drug-likeness (QED) is 0.602. The van der Waals surface area contributed by atoms with Gasteiger partial charge in [0.1, 0.15) is 5.75 Å². The molecule has 6 heteroatoms. The molecule has 1 saturated heterocycles. The van der Waals surface area contributed by atoms with Gasteiger partial charge in [-0.2, -0.15) is 0 Å². The van der Waals surface area contributed by atoms with Crippen molar-refractivity contribution >= 4 is 11.6 Å². The molecule has 0 aromatic heterocycles. The lowest BCUT2D eigenvalue weighted by Gasteiger charge is -2.36. The maximum atomic E-state index is 12.2. The van der Waals surface area contributed by atoms with E-state index in [1.807, 2.05) is 0 Å². The number of benzene rings is 2. The summed E-state index contributed by atoms with van der Waals surface area (Å²) >= 11 is 0. The second-order valence-corrected chi connectivity index (χ2v) is 8.51. The summed E-state index contributed by atoms with van der Waals surface area (Å²) < 4.78 is 0. The summed E-state index contributed by atoms with van der Waals surface area (Å²) in [6, 6.07) is 15.4. The number of piperazine rings is 1. The van der Waals surface area contributed by atoms with E-state index in [9.17, 15) is 15.0 Å². The van der Waals surface area contributed by atoms with Crippen molar-refractivity contribution in [3.63, 3.8) is 0 Å². The van der Waals surface area contributed by atoms with E-state index in [4.69, 9.17) is 0 Å². The number of hydrogen-bond acceptors (Lipinski definition) is 5. The second-order valence-electron chi connectivity index (χ2n) is 8.51. The number of rotatable bonds is 9. The van der Waals surface area contributed by atoms with Crippen LogP contribution in [0.25, 0.3) is 0 Å². The monoisotopic (exact) mass is 425 g/mol. The van der Waals surface area contributed by atoms with Crippen molar-refractivity contribution in [3.05, 3.63) is 59.7 Å². The van der Waals surface area contributed by atoms with Gasteiger partial charge in [-0.05, 0) is 49.2 Å². The Bertz CT molecular complexity index is 833. The molecule has 0 aliphatic carbocycles. The Morgan fingerprint density at radius 2 is 1.71 bits per heavy atom. The molecule has 1 unspecified atom stereocenters. The van der Waals surface area contributed by atoms with E-state index in [-0.39, 0.29) is 17.2 Å². The number of aliphatic hydroxyl groups is 1. The van der Waals surface area contributed by atoms with Crippen LogP contribution in [0.1, 0.15) is 47.7 Å².